The molecule has 0 aliphatic heterocycles. The van der Waals surface area contributed by atoms with Crippen molar-refractivity contribution in [3.05, 3.63) is 119 Å². The lowest BCUT2D eigenvalue weighted by Crippen LogP contribution is -2.25. The second kappa shape index (κ2) is 9.31. The highest BCUT2D eigenvalue weighted by Gasteiger charge is 2.34. The normalized spacial score (nSPS) is 11.8. The van der Waals surface area contributed by atoms with E-state index in [0.717, 1.165) is 0 Å². The van der Waals surface area contributed by atoms with Gasteiger partial charge in [0, 0.05) is 35.0 Å². The van der Waals surface area contributed by atoms with Crippen molar-refractivity contribution in [3.63, 3.8) is 0 Å². The molecular weight excluding hydrogens is 454 g/mol. The summed E-state index contributed by atoms with van der Waals surface area (Å²) < 4.78 is 0. The molecule has 0 saturated carbocycles. The van der Waals surface area contributed by atoms with Crippen molar-refractivity contribution >= 4 is 46.1 Å². The van der Waals surface area contributed by atoms with Crippen LogP contribution in [0.3, 0.4) is 0 Å². The highest BCUT2D eigenvalue weighted by atomic mass is 16.2. The van der Waals surface area contributed by atoms with Crippen LogP contribution in [0.4, 0.5) is 22.7 Å². The average Bonchev–Trinajstić information content (AvgIpc) is 2.89. The molecule has 4 aromatic rings. The highest BCUT2D eigenvalue weighted by Crippen LogP contribution is 2.38. The molecule has 0 saturated heterocycles. The van der Waals surface area contributed by atoms with E-state index in [9.17, 15) is 19.2 Å². The van der Waals surface area contributed by atoms with Gasteiger partial charge in [0.1, 0.15) is 0 Å². The van der Waals surface area contributed by atoms with E-state index in [1.807, 2.05) is 0 Å². The number of carbonyl (C=O) groups is 4. The van der Waals surface area contributed by atoms with Gasteiger partial charge in [0.25, 0.3) is 5.91 Å². The maximum atomic E-state index is 13.6. The van der Waals surface area contributed by atoms with Gasteiger partial charge in [-0.2, -0.15) is 0 Å². The molecule has 0 unspecified atom stereocenters. The molecule has 5 rings (SSSR count). The van der Waals surface area contributed by atoms with Gasteiger partial charge in [-0.25, -0.2) is 0 Å². The van der Waals surface area contributed by atoms with Crippen LogP contribution in [0.1, 0.15) is 49.1 Å². The van der Waals surface area contributed by atoms with Gasteiger partial charge in [0.05, 0.1) is 22.5 Å². The largest absolute Gasteiger partial charge is 0.355 e. The zero-order valence-electron chi connectivity index (χ0n) is 19.3. The molecule has 0 bridgehead atoms. The van der Waals surface area contributed by atoms with Crippen LogP contribution in [0.25, 0.3) is 0 Å². The van der Waals surface area contributed by atoms with Crippen LogP contribution in [0.5, 0.6) is 0 Å². The second-order valence-electron chi connectivity index (χ2n) is 8.32. The topological polar surface area (TPSA) is 104 Å². The van der Waals surface area contributed by atoms with Crippen molar-refractivity contribution in [2.45, 2.75) is 6.92 Å². The number of amides is 2. The Morgan fingerprint density at radius 3 is 1.72 bits per heavy atom. The van der Waals surface area contributed by atoms with Crippen LogP contribution in [-0.4, -0.2) is 23.4 Å². The highest BCUT2D eigenvalue weighted by molar-refractivity contribution is 6.32. The molecule has 0 fully saturated rings. The molecule has 0 aromatic heterocycles. The number of benzene rings is 4. The van der Waals surface area contributed by atoms with E-state index < -0.39 is 0 Å². The monoisotopic (exact) mass is 475 g/mol. The fourth-order valence-corrected chi connectivity index (χ4v) is 4.21. The molecule has 1 aliphatic carbocycles. The van der Waals surface area contributed by atoms with Crippen molar-refractivity contribution in [1.29, 1.82) is 0 Å². The third-order valence-corrected chi connectivity index (χ3v) is 5.84. The predicted octanol–water partition coefficient (Wildman–Crippen LogP) is 5.42. The number of fused-ring (bicyclic) bond motifs is 2. The first-order valence-electron chi connectivity index (χ1n) is 11.3. The van der Waals surface area contributed by atoms with Crippen molar-refractivity contribution in [2.75, 3.05) is 16.0 Å². The number of carbonyl (C=O) groups excluding carboxylic acids is 4. The lowest BCUT2D eigenvalue weighted by molar-refractivity contribution is -0.114. The van der Waals surface area contributed by atoms with Crippen molar-refractivity contribution in [2.24, 2.45) is 0 Å². The Hall–Kier alpha value is -5.04. The van der Waals surface area contributed by atoms with Gasteiger partial charge in [-0.3, -0.25) is 19.2 Å². The molecule has 0 spiro atoms. The second-order valence-corrected chi connectivity index (χ2v) is 8.32. The SMILES string of the molecule is CC(=O)Nc1ccc(Nc2ccc(NC(=O)c3ccccc3)c3c2C(=O)c2ccccc2C3=O)cc1. The van der Waals surface area contributed by atoms with E-state index >= 15 is 0 Å². The molecule has 0 atom stereocenters. The van der Waals surface area contributed by atoms with E-state index in [4.69, 9.17) is 0 Å². The molecule has 1 aliphatic rings. The first-order valence-corrected chi connectivity index (χ1v) is 11.3. The minimum absolute atomic E-state index is 0.142. The van der Waals surface area contributed by atoms with Gasteiger partial charge >= 0.3 is 0 Å². The van der Waals surface area contributed by atoms with Crippen LogP contribution >= 0.6 is 0 Å². The van der Waals surface area contributed by atoms with Crippen molar-refractivity contribution in [1.82, 2.24) is 0 Å². The number of ketones is 2. The van der Waals surface area contributed by atoms with E-state index in [0.29, 0.717) is 33.8 Å². The Bertz CT molecular complexity index is 1530. The summed E-state index contributed by atoms with van der Waals surface area (Å²) >= 11 is 0. The zero-order valence-corrected chi connectivity index (χ0v) is 19.3. The number of hydrogen-bond acceptors (Lipinski definition) is 5. The summed E-state index contributed by atoms with van der Waals surface area (Å²) in [7, 11) is 0. The fourth-order valence-electron chi connectivity index (χ4n) is 4.21. The molecule has 2 amide bonds. The third-order valence-electron chi connectivity index (χ3n) is 5.84. The molecule has 0 radical (unpaired) electrons. The zero-order chi connectivity index (χ0) is 25.2. The van der Waals surface area contributed by atoms with E-state index in [1.54, 1.807) is 91.0 Å². The Kier molecular flexibility index (Phi) is 5.88. The van der Waals surface area contributed by atoms with Crippen LogP contribution in [-0.2, 0) is 4.79 Å². The fraction of sp³-hybridized carbons (Fsp3) is 0.0345. The number of nitrogens with one attached hydrogen (secondary N) is 3. The van der Waals surface area contributed by atoms with Gasteiger partial charge in [-0.15, -0.1) is 0 Å². The lowest BCUT2D eigenvalue weighted by Gasteiger charge is -2.23. The summed E-state index contributed by atoms with van der Waals surface area (Å²) in [6.45, 7) is 1.43. The first kappa shape index (κ1) is 22.7. The van der Waals surface area contributed by atoms with Crippen LogP contribution < -0.4 is 16.0 Å². The maximum absolute atomic E-state index is 13.6. The van der Waals surface area contributed by atoms with Gasteiger partial charge < -0.3 is 16.0 Å². The molecule has 176 valence electrons. The van der Waals surface area contributed by atoms with E-state index in [-0.39, 0.29) is 40.2 Å². The van der Waals surface area contributed by atoms with Gasteiger partial charge in [0.15, 0.2) is 11.6 Å². The standard InChI is InChI=1S/C29H21N3O4/c1-17(33)30-19-11-13-20(14-12-19)31-23-15-16-24(32-29(36)18-7-3-2-4-8-18)26-25(23)27(34)21-9-5-6-10-22(21)28(26)35/h2-16,31H,1H3,(H,30,33)(H,32,36). The smallest absolute Gasteiger partial charge is 0.255 e. The lowest BCUT2D eigenvalue weighted by atomic mass is 9.82. The van der Waals surface area contributed by atoms with Gasteiger partial charge in [-0.1, -0.05) is 42.5 Å². The van der Waals surface area contributed by atoms with Gasteiger partial charge in [0.2, 0.25) is 5.91 Å². The first-order chi connectivity index (χ1) is 17.4. The Balaban J connectivity index is 1.57. The number of anilines is 4. The van der Waals surface area contributed by atoms with Crippen LogP contribution in [0.2, 0.25) is 0 Å². The molecule has 7 heteroatoms. The van der Waals surface area contributed by atoms with E-state index in [2.05, 4.69) is 16.0 Å². The van der Waals surface area contributed by atoms with E-state index in [1.165, 1.54) is 6.92 Å². The van der Waals surface area contributed by atoms with Gasteiger partial charge in [-0.05, 0) is 48.5 Å². The van der Waals surface area contributed by atoms with Crippen molar-refractivity contribution in [3.8, 4) is 0 Å². The molecule has 36 heavy (non-hydrogen) atoms. The van der Waals surface area contributed by atoms with Crippen LogP contribution in [0, 0.1) is 0 Å². The Morgan fingerprint density at radius 1 is 0.583 bits per heavy atom. The Labute approximate surface area is 207 Å². The minimum Gasteiger partial charge on any atom is -0.355 e. The summed E-state index contributed by atoms with van der Waals surface area (Å²) in [6.07, 6.45) is 0. The Morgan fingerprint density at radius 2 is 1.11 bits per heavy atom. The number of rotatable bonds is 5. The van der Waals surface area contributed by atoms with Crippen molar-refractivity contribution < 1.29 is 19.2 Å². The predicted molar refractivity (Wildman–Crippen MR) is 138 cm³/mol. The molecule has 0 heterocycles. The minimum atomic E-state index is -0.383. The summed E-state index contributed by atoms with van der Waals surface area (Å²) in [6, 6.07) is 25.6. The quantitative estimate of drug-likeness (QED) is 0.315. The summed E-state index contributed by atoms with van der Waals surface area (Å²) in [5.41, 5.74) is 3.36. The molecular formula is C29H21N3O4. The van der Waals surface area contributed by atoms with Crippen LogP contribution in [0.15, 0.2) is 91.0 Å². The maximum Gasteiger partial charge on any atom is 0.255 e. The summed E-state index contributed by atoms with van der Waals surface area (Å²) in [4.78, 5) is 51.3. The third kappa shape index (κ3) is 4.25. The molecule has 4 aromatic carbocycles. The molecule has 3 N–H and O–H groups in total. The summed E-state index contributed by atoms with van der Waals surface area (Å²) in [5.74, 6) is -1.21. The molecule has 7 nitrogen and oxygen atoms in total. The summed E-state index contributed by atoms with van der Waals surface area (Å²) in [5, 5.41) is 8.72. The average molecular weight is 476 g/mol. The number of hydrogen-bond donors (Lipinski definition) is 3.